The highest BCUT2D eigenvalue weighted by Gasteiger charge is 2.21. The van der Waals surface area contributed by atoms with Gasteiger partial charge in [0.25, 0.3) is 0 Å². The Hall–Kier alpha value is -3.47. The molecule has 2 amide bonds. The van der Waals surface area contributed by atoms with Gasteiger partial charge in [0.05, 0.1) is 7.11 Å². The summed E-state index contributed by atoms with van der Waals surface area (Å²) < 4.78 is 11.0. The van der Waals surface area contributed by atoms with Crippen LogP contribution in [0, 0.1) is 0 Å². The van der Waals surface area contributed by atoms with E-state index in [0.29, 0.717) is 18.0 Å². The minimum Gasteiger partial charge on any atom is -0.497 e. The molecular weight excluding hydrogens is 364 g/mol. The fourth-order valence-corrected chi connectivity index (χ4v) is 2.85. The Bertz CT molecular complexity index is 921. The van der Waals surface area contributed by atoms with Gasteiger partial charge >= 0.3 is 6.03 Å². The molecule has 3 aromatic rings. The summed E-state index contributed by atoms with van der Waals surface area (Å²) in [4.78, 5) is 12.3. The smallest absolute Gasteiger partial charge is 0.319 e. The first kappa shape index (κ1) is 20.3. The van der Waals surface area contributed by atoms with Crippen LogP contribution in [-0.2, 0) is 5.41 Å². The molecule has 2 N–H and O–H groups in total. The molecule has 0 aliphatic carbocycles. The van der Waals surface area contributed by atoms with E-state index in [-0.39, 0.29) is 11.4 Å². The Labute approximate surface area is 171 Å². The van der Waals surface area contributed by atoms with Crippen LogP contribution < -0.4 is 20.1 Å². The molecule has 0 bridgehead atoms. The van der Waals surface area contributed by atoms with E-state index < -0.39 is 0 Å². The van der Waals surface area contributed by atoms with Crippen molar-refractivity contribution in [2.75, 3.05) is 19.0 Å². The molecule has 0 aliphatic heterocycles. The zero-order valence-corrected chi connectivity index (χ0v) is 16.9. The number of ether oxygens (including phenoxy) is 2. The van der Waals surface area contributed by atoms with Crippen LogP contribution in [0.1, 0.15) is 19.4 Å². The van der Waals surface area contributed by atoms with E-state index in [1.807, 2.05) is 78.9 Å². The highest BCUT2D eigenvalue weighted by atomic mass is 16.5. The third-order valence-corrected chi connectivity index (χ3v) is 4.65. The second-order valence-corrected chi connectivity index (χ2v) is 7.36. The van der Waals surface area contributed by atoms with Crippen LogP contribution in [0.2, 0.25) is 0 Å². The van der Waals surface area contributed by atoms with E-state index in [4.69, 9.17) is 9.47 Å². The lowest BCUT2D eigenvalue weighted by molar-refractivity contribution is 0.249. The quantitative estimate of drug-likeness (QED) is 0.553. The van der Waals surface area contributed by atoms with Gasteiger partial charge in [0.1, 0.15) is 17.2 Å². The van der Waals surface area contributed by atoms with Gasteiger partial charge in [-0.25, -0.2) is 4.79 Å². The maximum atomic E-state index is 12.3. The number of urea groups is 1. The van der Waals surface area contributed by atoms with Crippen molar-refractivity contribution in [3.8, 4) is 17.2 Å². The predicted molar refractivity (Wildman–Crippen MR) is 116 cm³/mol. The van der Waals surface area contributed by atoms with Gasteiger partial charge in [-0.2, -0.15) is 0 Å². The van der Waals surface area contributed by atoms with Crippen LogP contribution in [0.5, 0.6) is 17.2 Å². The Morgan fingerprint density at radius 3 is 2.03 bits per heavy atom. The van der Waals surface area contributed by atoms with Crippen LogP contribution in [0.25, 0.3) is 0 Å². The van der Waals surface area contributed by atoms with Gasteiger partial charge in [-0.1, -0.05) is 44.2 Å². The lowest BCUT2D eigenvalue weighted by Gasteiger charge is -2.26. The summed E-state index contributed by atoms with van der Waals surface area (Å²) in [7, 11) is 1.65. The highest BCUT2D eigenvalue weighted by molar-refractivity contribution is 5.89. The van der Waals surface area contributed by atoms with Crippen LogP contribution in [0.4, 0.5) is 10.5 Å². The standard InChI is InChI=1S/C24H26N2O3/c1-24(2,18-9-13-20(28-3)14-10-18)17-25-23(27)26-19-11-15-22(16-12-19)29-21-7-5-4-6-8-21/h4-16H,17H2,1-3H3,(H2,25,26,27). The second kappa shape index (κ2) is 9.15. The number of anilines is 1. The second-order valence-electron chi connectivity index (χ2n) is 7.36. The molecule has 0 fully saturated rings. The summed E-state index contributed by atoms with van der Waals surface area (Å²) in [5.41, 5.74) is 1.61. The molecule has 0 radical (unpaired) electrons. The number of nitrogens with one attached hydrogen (secondary N) is 2. The van der Waals surface area contributed by atoms with Gasteiger partial charge in [-0.3, -0.25) is 0 Å². The van der Waals surface area contributed by atoms with Gasteiger partial charge in [0, 0.05) is 17.6 Å². The Balaban J connectivity index is 1.52. The number of carbonyl (C=O) groups is 1. The van der Waals surface area contributed by atoms with Crippen molar-refractivity contribution < 1.29 is 14.3 Å². The first-order valence-electron chi connectivity index (χ1n) is 9.49. The van der Waals surface area contributed by atoms with Crippen LogP contribution in [0.15, 0.2) is 78.9 Å². The third kappa shape index (κ3) is 5.75. The minimum atomic E-state index is -0.247. The fraction of sp³-hybridized carbons (Fsp3) is 0.208. The molecule has 0 aliphatic rings. The fourth-order valence-electron chi connectivity index (χ4n) is 2.85. The maximum Gasteiger partial charge on any atom is 0.319 e. The van der Waals surface area contributed by atoms with Gasteiger partial charge in [-0.05, 0) is 54.1 Å². The van der Waals surface area contributed by atoms with Gasteiger partial charge in [0.2, 0.25) is 0 Å². The van der Waals surface area contributed by atoms with Crippen molar-refractivity contribution in [1.29, 1.82) is 0 Å². The average molecular weight is 390 g/mol. The zero-order chi connectivity index (χ0) is 20.7. The summed E-state index contributed by atoms with van der Waals surface area (Å²) in [6, 6.07) is 24.5. The van der Waals surface area contributed by atoms with Crippen LogP contribution in [0.3, 0.4) is 0 Å². The topological polar surface area (TPSA) is 59.6 Å². The molecule has 3 rings (SSSR count). The van der Waals surface area contributed by atoms with E-state index in [9.17, 15) is 4.79 Å². The van der Waals surface area contributed by atoms with E-state index in [1.54, 1.807) is 7.11 Å². The van der Waals surface area contributed by atoms with E-state index in [1.165, 1.54) is 0 Å². The monoisotopic (exact) mass is 390 g/mol. The summed E-state index contributed by atoms with van der Waals surface area (Å²) in [6.07, 6.45) is 0. The third-order valence-electron chi connectivity index (χ3n) is 4.65. The highest BCUT2D eigenvalue weighted by Crippen LogP contribution is 2.25. The van der Waals surface area contributed by atoms with Gasteiger partial charge in [0.15, 0.2) is 0 Å². The van der Waals surface area contributed by atoms with Crippen molar-refractivity contribution >= 4 is 11.7 Å². The molecular formula is C24H26N2O3. The summed E-state index contributed by atoms with van der Waals surface area (Å²) in [5.74, 6) is 2.30. The minimum absolute atomic E-state index is 0.211. The van der Waals surface area contributed by atoms with E-state index >= 15 is 0 Å². The van der Waals surface area contributed by atoms with Crippen molar-refractivity contribution in [2.24, 2.45) is 0 Å². The normalized spacial score (nSPS) is 10.9. The Kier molecular flexibility index (Phi) is 6.39. The largest absolute Gasteiger partial charge is 0.497 e. The molecule has 150 valence electrons. The Morgan fingerprint density at radius 2 is 1.41 bits per heavy atom. The van der Waals surface area contributed by atoms with Gasteiger partial charge in [-0.15, -0.1) is 0 Å². The predicted octanol–water partition coefficient (Wildman–Crippen LogP) is 5.59. The molecule has 0 atom stereocenters. The van der Waals surface area contributed by atoms with E-state index in [0.717, 1.165) is 17.1 Å². The number of hydrogen-bond donors (Lipinski definition) is 2. The number of benzene rings is 3. The van der Waals surface area contributed by atoms with Crippen molar-refractivity contribution in [2.45, 2.75) is 19.3 Å². The summed E-state index contributed by atoms with van der Waals surface area (Å²) in [5, 5.41) is 5.79. The maximum absolute atomic E-state index is 12.3. The van der Waals surface area contributed by atoms with Crippen molar-refractivity contribution in [3.63, 3.8) is 0 Å². The van der Waals surface area contributed by atoms with Crippen LogP contribution in [-0.4, -0.2) is 19.7 Å². The first-order valence-corrected chi connectivity index (χ1v) is 9.49. The molecule has 0 aromatic heterocycles. The van der Waals surface area contributed by atoms with E-state index in [2.05, 4.69) is 24.5 Å². The number of carbonyl (C=O) groups excluding carboxylic acids is 1. The lowest BCUT2D eigenvalue weighted by atomic mass is 9.84. The number of amides is 2. The molecule has 0 unspecified atom stereocenters. The number of rotatable bonds is 7. The molecule has 0 saturated heterocycles. The molecule has 29 heavy (non-hydrogen) atoms. The zero-order valence-electron chi connectivity index (χ0n) is 16.9. The van der Waals surface area contributed by atoms with Crippen LogP contribution >= 0.6 is 0 Å². The molecule has 0 saturated carbocycles. The average Bonchev–Trinajstić information content (AvgIpc) is 2.74. The molecule has 0 heterocycles. The number of hydrogen-bond acceptors (Lipinski definition) is 3. The lowest BCUT2D eigenvalue weighted by Crippen LogP contribution is -2.38. The van der Waals surface area contributed by atoms with Crippen molar-refractivity contribution in [1.82, 2.24) is 5.32 Å². The number of methoxy groups -OCH3 is 1. The molecule has 5 nitrogen and oxygen atoms in total. The summed E-state index contributed by atoms with van der Waals surface area (Å²) >= 11 is 0. The summed E-state index contributed by atoms with van der Waals surface area (Å²) in [6.45, 7) is 4.68. The SMILES string of the molecule is COc1ccc(C(C)(C)CNC(=O)Nc2ccc(Oc3ccccc3)cc2)cc1. The molecule has 0 spiro atoms. The van der Waals surface area contributed by atoms with Crippen molar-refractivity contribution in [3.05, 3.63) is 84.4 Å². The van der Waals surface area contributed by atoms with Gasteiger partial charge < -0.3 is 20.1 Å². The molecule has 5 heteroatoms. The first-order chi connectivity index (χ1) is 14.0. The Morgan fingerprint density at radius 1 is 0.828 bits per heavy atom. The number of para-hydroxylation sites is 1. The molecule has 3 aromatic carbocycles.